The number of nitrogens with zero attached hydrogens (tertiary/aromatic N) is 2. The first-order valence-electron chi connectivity index (χ1n) is 20.6. The summed E-state index contributed by atoms with van der Waals surface area (Å²) in [5.74, 6) is -4.49. The molecule has 8 N–H and O–H groups in total. The van der Waals surface area contributed by atoms with Gasteiger partial charge in [-0.25, -0.2) is 0 Å². The molecule has 2 aromatic carbocycles. The molecule has 16 nitrogen and oxygen atoms in total. The number of rotatable bonds is 21. The lowest BCUT2D eigenvalue weighted by Gasteiger charge is -2.35. The van der Waals surface area contributed by atoms with E-state index in [-0.39, 0.29) is 24.0 Å². The summed E-state index contributed by atoms with van der Waals surface area (Å²) in [6.45, 7) is 9.88. The van der Waals surface area contributed by atoms with Gasteiger partial charge in [0.25, 0.3) is 11.8 Å². The van der Waals surface area contributed by atoms with Gasteiger partial charge < -0.3 is 42.1 Å². The number of amides is 6. The van der Waals surface area contributed by atoms with E-state index in [1.54, 1.807) is 100 Å². The molecule has 330 valence electrons. The van der Waals surface area contributed by atoms with Crippen LogP contribution in [0.3, 0.4) is 0 Å². The van der Waals surface area contributed by atoms with Crippen LogP contribution in [0.5, 0.6) is 0 Å². The van der Waals surface area contributed by atoms with Crippen LogP contribution in [-0.2, 0) is 32.0 Å². The normalized spacial score (nSPS) is 15.1. The Morgan fingerprint density at radius 2 is 0.823 bits per heavy atom. The molecule has 0 spiro atoms. The molecule has 62 heavy (non-hydrogen) atoms. The van der Waals surface area contributed by atoms with E-state index in [1.165, 1.54) is 38.6 Å². The highest BCUT2D eigenvalue weighted by atomic mass is 16.3. The van der Waals surface area contributed by atoms with E-state index in [2.05, 4.69) is 41.9 Å². The molecular formula is C46H58N8O8. The Labute approximate surface area is 362 Å². The first kappa shape index (κ1) is 48.1. The molecule has 0 aliphatic carbocycles. The van der Waals surface area contributed by atoms with Crippen LogP contribution in [0.25, 0.3) is 0 Å². The van der Waals surface area contributed by atoms with Crippen LogP contribution in [-0.4, -0.2) is 104 Å². The van der Waals surface area contributed by atoms with E-state index >= 15 is 0 Å². The third-order valence-corrected chi connectivity index (χ3v) is 10.2. The largest absolute Gasteiger partial charge is 0.388 e. The van der Waals surface area contributed by atoms with E-state index < -0.39 is 95.7 Å². The lowest BCUT2D eigenvalue weighted by Crippen LogP contribution is -2.62. The second kappa shape index (κ2) is 23.5. The topological polar surface area (TPSA) is 241 Å². The molecule has 2 aromatic heterocycles. The maximum absolute atomic E-state index is 14.1. The molecule has 0 saturated heterocycles. The average molecular weight is 851 g/mol. The molecule has 0 bridgehead atoms. The van der Waals surface area contributed by atoms with Crippen molar-refractivity contribution in [1.82, 2.24) is 41.9 Å². The molecule has 0 saturated carbocycles. The molecule has 2 heterocycles. The van der Waals surface area contributed by atoms with Gasteiger partial charge in [0.1, 0.15) is 36.4 Å². The Morgan fingerprint density at radius 1 is 0.468 bits per heavy atom. The Morgan fingerprint density at radius 3 is 1.13 bits per heavy atom. The second-order valence-electron chi connectivity index (χ2n) is 15.9. The van der Waals surface area contributed by atoms with Crippen molar-refractivity contribution >= 4 is 35.4 Å². The zero-order chi connectivity index (χ0) is 45.3. The summed E-state index contributed by atoms with van der Waals surface area (Å²) >= 11 is 0. The summed E-state index contributed by atoms with van der Waals surface area (Å²) in [4.78, 5) is 88.1. The van der Waals surface area contributed by atoms with Crippen molar-refractivity contribution in [2.45, 2.75) is 103 Å². The monoisotopic (exact) mass is 850 g/mol. The fourth-order valence-electron chi connectivity index (χ4n) is 6.58. The molecule has 0 fully saturated rings. The van der Waals surface area contributed by atoms with Gasteiger partial charge in [0.2, 0.25) is 23.6 Å². The third kappa shape index (κ3) is 14.3. The summed E-state index contributed by atoms with van der Waals surface area (Å²) in [5.41, 5.74) is 1.95. The molecule has 16 heteroatoms. The van der Waals surface area contributed by atoms with Gasteiger partial charge in [0.15, 0.2) is 0 Å². The summed E-state index contributed by atoms with van der Waals surface area (Å²) < 4.78 is 0. The minimum atomic E-state index is -1.68. The number of hydrogen-bond donors (Lipinski definition) is 8. The quantitative estimate of drug-likeness (QED) is 0.0606. The van der Waals surface area contributed by atoms with E-state index in [0.29, 0.717) is 0 Å². The van der Waals surface area contributed by atoms with E-state index in [0.717, 1.165) is 11.1 Å². The fraction of sp³-hybridized carbons (Fsp3) is 0.391. The molecule has 6 amide bonds. The van der Waals surface area contributed by atoms with Gasteiger partial charge >= 0.3 is 0 Å². The van der Waals surface area contributed by atoms with Crippen LogP contribution in [0.15, 0.2) is 110 Å². The van der Waals surface area contributed by atoms with Crippen LogP contribution in [0, 0.1) is 11.8 Å². The molecule has 8 atom stereocenters. The first-order valence-corrected chi connectivity index (χ1v) is 20.6. The minimum Gasteiger partial charge on any atom is -0.388 e. The number of hydrogen-bond acceptors (Lipinski definition) is 10. The van der Waals surface area contributed by atoms with Gasteiger partial charge in [0, 0.05) is 24.8 Å². The smallest absolute Gasteiger partial charge is 0.253 e. The second-order valence-corrected chi connectivity index (χ2v) is 15.9. The van der Waals surface area contributed by atoms with Gasteiger partial charge in [-0.15, -0.1) is 0 Å². The molecule has 2 unspecified atom stereocenters. The standard InChI is InChI=1S/C46H58N8O8/c1-27(2)37(53-41(57)29(5)49-43(59)33-19-13-21-47-25-33)45(61)51-35(23-31-15-9-7-10-16-31)39(55)40(56)36(24-32-17-11-8-12-18-32)52-46(62)38(28(3)4)54-42(58)30(6)50-44(60)34-20-14-22-48-26-34/h7-22,25-30,35-40,55-56H,23-24H2,1-6H3,(H,49,59)(H,50,60)(H,51,61)(H,52,62)(H,53,57)(H,54,58)/t29-,30-,35-,36-,37-,38-,39?,40?/m0/s1. The van der Waals surface area contributed by atoms with Gasteiger partial charge in [-0.05, 0) is 73.9 Å². The molecule has 0 radical (unpaired) electrons. The number of aliphatic hydroxyl groups excluding tert-OH is 2. The molecule has 4 rings (SSSR count). The van der Waals surface area contributed by atoms with E-state index in [4.69, 9.17) is 0 Å². The maximum Gasteiger partial charge on any atom is 0.253 e. The van der Waals surface area contributed by atoms with Gasteiger partial charge in [-0.1, -0.05) is 88.4 Å². The zero-order valence-corrected chi connectivity index (χ0v) is 35.8. The number of aliphatic hydroxyl groups is 2. The molecule has 0 aliphatic rings. The molecule has 4 aromatic rings. The van der Waals surface area contributed by atoms with Gasteiger partial charge in [-0.3, -0.25) is 38.7 Å². The third-order valence-electron chi connectivity index (χ3n) is 10.2. The van der Waals surface area contributed by atoms with Gasteiger partial charge in [0.05, 0.1) is 23.2 Å². The SMILES string of the molecule is CC(C)[C@H](NC(=O)[C@H](C)NC(=O)c1cccnc1)C(=O)N[C@@H](Cc1ccccc1)C(O)C(O)[C@H](Cc1ccccc1)NC(=O)[C@@H](NC(=O)[C@H](C)NC(=O)c1cccnc1)C(C)C. The summed E-state index contributed by atoms with van der Waals surface area (Å²) in [6, 6.07) is 17.7. The predicted octanol–water partition coefficient (Wildman–Crippen LogP) is 1.87. The summed E-state index contributed by atoms with van der Waals surface area (Å²) in [6.07, 6.45) is 2.52. The van der Waals surface area contributed by atoms with Gasteiger partial charge in [-0.2, -0.15) is 0 Å². The number of carbonyl (C=O) groups excluding carboxylic acids is 6. The van der Waals surface area contributed by atoms with Crippen LogP contribution < -0.4 is 31.9 Å². The van der Waals surface area contributed by atoms with E-state index in [9.17, 15) is 39.0 Å². The number of nitrogens with one attached hydrogen (secondary N) is 6. The Kier molecular flexibility index (Phi) is 18.2. The number of aromatic nitrogens is 2. The van der Waals surface area contributed by atoms with Crippen molar-refractivity contribution in [3.8, 4) is 0 Å². The number of pyridine rings is 2. The Hall–Kier alpha value is -6.52. The average Bonchev–Trinajstić information content (AvgIpc) is 3.27. The van der Waals surface area contributed by atoms with Crippen molar-refractivity contribution in [2.24, 2.45) is 11.8 Å². The number of carbonyl (C=O) groups is 6. The van der Waals surface area contributed by atoms with Crippen LogP contribution in [0.2, 0.25) is 0 Å². The van der Waals surface area contributed by atoms with Crippen molar-refractivity contribution < 1.29 is 39.0 Å². The van der Waals surface area contributed by atoms with Crippen molar-refractivity contribution in [2.75, 3.05) is 0 Å². The predicted molar refractivity (Wildman–Crippen MR) is 232 cm³/mol. The fourth-order valence-corrected chi connectivity index (χ4v) is 6.58. The first-order chi connectivity index (χ1) is 29.5. The molecule has 0 aliphatic heterocycles. The Balaban J connectivity index is 1.54. The lowest BCUT2D eigenvalue weighted by atomic mass is 9.90. The summed E-state index contributed by atoms with van der Waals surface area (Å²) in [7, 11) is 0. The maximum atomic E-state index is 14.1. The van der Waals surface area contributed by atoms with Crippen LogP contribution >= 0.6 is 0 Å². The highest BCUT2D eigenvalue weighted by Crippen LogP contribution is 2.17. The van der Waals surface area contributed by atoms with Crippen LogP contribution in [0.1, 0.15) is 73.4 Å². The summed E-state index contributed by atoms with van der Waals surface area (Å²) in [5, 5.41) is 40.4. The number of benzene rings is 2. The van der Waals surface area contributed by atoms with Crippen molar-refractivity contribution in [3.63, 3.8) is 0 Å². The van der Waals surface area contributed by atoms with Crippen molar-refractivity contribution in [1.29, 1.82) is 0 Å². The van der Waals surface area contributed by atoms with Crippen LogP contribution in [0.4, 0.5) is 0 Å². The molecular weight excluding hydrogens is 793 g/mol. The zero-order valence-electron chi connectivity index (χ0n) is 35.8. The Bertz CT molecular complexity index is 1930. The highest BCUT2D eigenvalue weighted by Gasteiger charge is 2.38. The highest BCUT2D eigenvalue weighted by molar-refractivity contribution is 5.99. The minimum absolute atomic E-state index is 0.0560. The van der Waals surface area contributed by atoms with E-state index in [1.807, 2.05) is 12.1 Å². The lowest BCUT2D eigenvalue weighted by molar-refractivity contribution is -0.133. The van der Waals surface area contributed by atoms with Crippen molar-refractivity contribution in [3.05, 3.63) is 132 Å².